The molecule has 1 aromatic heterocycles. The van der Waals surface area contributed by atoms with Crippen LogP contribution in [0.15, 0.2) is 64.6 Å². The first-order valence-corrected chi connectivity index (χ1v) is 11.7. The lowest BCUT2D eigenvalue weighted by Gasteiger charge is -2.30. The Morgan fingerprint density at radius 1 is 1.14 bits per heavy atom. The lowest BCUT2D eigenvalue weighted by atomic mass is 9.82. The lowest BCUT2D eigenvalue weighted by Crippen LogP contribution is -2.48. The number of carboxylic acid groups (broad SMARTS) is 2. The van der Waals surface area contributed by atoms with E-state index in [0.717, 1.165) is 16.9 Å². The van der Waals surface area contributed by atoms with Gasteiger partial charge >= 0.3 is 16.9 Å². The maximum Gasteiger partial charge on any atom is 0.328 e. The van der Waals surface area contributed by atoms with Gasteiger partial charge < -0.3 is 20.4 Å². The molecule has 37 heavy (non-hydrogen) atoms. The van der Waals surface area contributed by atoms with Crippen molar-refractivity contribution in [2.75, 3.05) is 27.2 Å². The zero-order valence-electron chi connectivity index (χ0n) is 20.4. The summed E-state index contributed by atoms with van der Waals surface area (Å²) < 4.78 is 0. The van der Waals surface area contributed by atoms with E-state index >= 15 is 0 Å². The van der Waals surface area contributed by atoms with Gasteiger partial charge in [-0.3, -0.25) is 24.9 Å². The molecule has 1 aromatic carbocycles. The standard InChI is InChI=1S/C20H23N5O3S.C4H4O4/c1-20(19(26)21-11-12-24(2)3)13-22-18(14-7-5-4-6-8-14)23-17(20)15-9-10-16(29-15)25(27)28;5-3(6)1-2-4(7)8/h4-10,13,18H,11-12H2,1-3H3,(H,21,26);1-2H,(H,5,6)(H,7,8)/b;2-1+. The van der Waals surface area contributed by atoms with Gasteiger partial charge in [0.15, 0.2) is 6.17 Å². The van der Waals surface area contributed by atoms with Gasteiger partial charge in [-0.05, 0) is 32.6 Å². The van der Waals surface area contributed by atoms with Crippen molar-refractivity contribution in [1.82, 2.24) is 10.2 Å². The van der Waals surface area contributed by atoms with Gasteiger partial charge in [0.05, 0.1) is 15.5 Å². The zero-order valence-corrected chi connectivity index (χ0v) is 21.2. The van der Waals surface area contributed by atoms with Gasteiger partial charge in [0.25, 0.3) is 0 Å². The van der Waals surface area contributed by atoms with Crippen molar-refractivity contribution in [3.05, 3.63) is 75.2 Å². The Morgan fingerprint density at radius 3 is 2.27 bits per heavy atom. The van der Waals surface area contributed by atoms with Gasteiger partial charge in [-0.25, -0.2) is 9.59 Å². The fraction of sp³-hybridized carbons (Fsp3) is 0.292. The highest BCUT2D eigenvalue weighted by molar-refractivity contribution is 7.17. The van der Waals surface area contributed by atoms with E-state index in [1.807, 2.05) is 49.3 Å². The number of nitro groups is 1. The van der Waals surface area contributed by atoms with E-state index in [0.29, 0.717) is 35.8 Å². The van der Waals surface area contributed by atoms with Crippen LogP contribution >= 0.6 is 11.3 Å². The maximum atomic E-state index is 13.0. The number of likely N-dealkylation sites (N-methyl/N-ethyl adjacent to an activating group) is 1. The number of thiophene rings is 1. The van der Waals surface area contributed by atoms with Crippen LogP contribution in [0.3, 0.4) is 0 Å². The van der Waals surface area contributed by atoms with E-state index in [2.05, 4.69) is 10.3 Å². The Labute approximate surface area is 216 Å². The van der Waals surface area contributed by atoms with Gasteiger partial charge in [0.1, 0.15) is 5.41 Å². The third-order valence-electron chi connectivity index (χ3n) is 5.00. The average Bonchev–Trinajstić information content (AvgIpc) is 3.34. The number of hydrogen-bond acceptors (Lipinski definition) is 9. The van der Waals surface area contributed by atoms with Crippen LogP contribution in [0.2, 0.25) is 0 Å². The molecule has 0 bridgehead atoms. The molecule has 2 heterocycles. The molecule has 3 N–H and O–H groups in total. The van der Waals surface area contributed by atoms with Crippen molar-refractivity contribution in [3.63, 3.8) is 0 Å². The van der Waals surface area contributed by atoms with Crippen LogP contribution in [0.1, 0.15) is 23.5 Å². The second kappa shape index (κ2) is 13.2. The molecule has 0 fully saturated rings. The third kappa shape index (κ3) is 8.44. The molecule has 1 aliphatic heterocycles. The summed E-state index contributed by atoms with van der Waals surface area (Å²) in [4.78, 5) is 54.7. The number of aliphatic carboxylic acids is 2. The molecule has 1 aliphatic rings. The molecule has 0 spiro atoms. The molecular weight excluding hydrogens is 502 g/mol. The minimum atomic E-state index is -1.26. The van der Waals surface area contributed by atoms with Crippen molar-refractivity contribution < 1.29 is 29.5 Å². The first-order valence-electron chi connectivity index (χ1n) is 10.9. The highest BCUT2D eigenvalue weighted by Crippen LogP contribution is 2.36. The molecule has 3 rings (SSSR count). The second-order valence-corrected chi connectivity index (χ2v) is 9.27. The number of rotatable bonds is 9. The van der Waals surface area contributed by atoms with Crippen molar-refractivity contribution in [2.24, 2.45) is 15.4 Å². The number of hydrogen-bond donors (Lipinski definition) is 3. The summed E-state index contributed by atoms with van der Waals surface area (Å²) in [5.41, 5.74) is 0.264. The number of nitrogens with zero attached hydrogens (tertiary/aromatic N) is 4. The molecule has 1 amide bonds. The van der Waals surface area contributed by atoms with Crippen LogP contribution < -0.4 is 5.32 Å². The number of carbonyl (C=O) groups is 3. The predicted octanol–water partition coefficient (Wildman–Crippen LogP) is 2.62. The number of benzene rings is 1. The predicted molar refractivity (Wildman–Crippen MR) is 139 cm³/mol. The maximum absolute atomic E-state index is 13.0. The fourth-order valence-corrected chi connectivity index (χ4v) is 4.05. The highest BCUT2D eigenvalue weighted by atomic mass is 32.1. The molecule has 0 aliphatic carbocycles. The second-order valence-electron chi connectivity index (χ2n) is 8.21. The molecule has 0 saturated carbocycles. The Balaban J connectivity index is 0.000000521. The average molecular weight is 530 g/mol. The lowest BCUT2D eigenvalue weighted by molar-refractivity contribution is -0.380. The van der Waals surface area contributed by atoms with Gasteiger partial charge in [0, 0.05) is 37.5 Å². The molecule has 13 heteroatoms. The molecule has 196 valence electrons. The van der Waals surface area contributed by atoms with E-state index in [-0.39, 0.29) is 10.9 Å². The molecule has 2 aromatic rings. The summed E-state index contributed by atoms with van der Waals surface area (Å²) in [6.07, 6.45) is 2.24. The summed E-state index contributed by atoms with van der Waals surface area (Å²) in [6, 6.07) is 12.6. The van der Waals surface area contributed by atoms with Gasteiger partial charge in [-0.15, -0.1) is 0 Å². The quantitative estimate of drug-likeness (QED) is 0.252. The largest absolute Gasteiger partial charge is 0.478 e. The SMILES string of the molecule is CN(C)CCNC(=O)C1(C)C=NC(c2ccccc2)N=C1c1ccc([N+](=O)[O-])s1.O=C(O)/C=C/C(=O)O. The summed E-state index contributed by atoms with van der Waals surface area (Å²) in [5.74, 6) is -2.75. The number of nitrogens with one attached hydrogen (secondary N) is 1. The first-order chi connectivity index (χ1) is 17.4. The van der Waals surface area contributed by atoms with Crippen molar-refractivity contribution >= 4 is 46.1 Å². The van der Waals surface area contributed by atoms with Crippen LogP contribution in [0.5, 0.6) is 0 Å². The normalized spacial score (nSPS) is 18.6. The van der Waals surface area contributed by atoms with Gasteiger partial charge in [-0.1, -0.05) is 41.7 Å². The van der Waals surface area contributed by atoms with E-state index in [4.69, 9.17) is 15.2 Å². The van der Waals surface area contributed by atoms with Gasteiger partial charge in [0.2, 0.25) is 5.91 Å². The summed E-state index contributed by atoms with van der Waals surface area (Å²) >= 11 is 1.01. The van der Waals surface area contributed by atoms with E-state index < -0.39 is 28.4 Å². The molecule has 2 unspecified atom stereocenters. The molecular formula is C24H27N5O7S. The van der Waals surface area contributed by atoms with Crippen LogP contribution in [0, 0.1) is 15.5 Å². The molecule has 12 nitrogen and oxygen atoms in total. The fourth-order valence-electron chi connectivity index (χ4n) is 3.11. The van der Waals surface area contributed by atoms with Gasteiger partial charge in [-0.2, -0.15) is 0 Å². The van der Waals surface area contributed by atoms with Crippen LogP contribution in [-0.2, 0) is 14.4 Å². The van der Waals surface area contributed by atoms with E-state index in [1.54, 1.807) is 19.2 Å². The molecule has 2 atom stereocenters. The van der Waals surface area contributed by atoms with Crippen molar-refractivity contribution in [3.8, 4) is 0 Å². The monoisotopic (exact) mass is 529 g/mol. The number of aliphatic imine (C=N–C) groups is 2. The third-order valence-corrected chi connectivity index (χ3v) is 6.05. The van der Waals surface area contributed by atoms with E-state index in [9.17, 15) is 24.5 Å². The van der Waals surface area contributed by atoms with Crippen LogP contribution in [0.25, 0.3) is 0 Å². The van der Waals surface area contributed by atoms with Crippen LogP contribution in [-0.4, -0.2) is 77.0 Å². The Bertz CT molecular complexity index is 1210. The number of carbonyl (C=O) groups excluding carboxylic acids is 1. The van der Waals surface area contributed by atoms with Crippen molar-refractivity contribution in [2.45, 2.75) is 13.1 Å². The Kier molecular flexibility index (Phi) is 10.3. The summed E-state index contributed by atoms with van der Waals surface area (Å²) in [5, 5.41) is 29.7. The number of amides is 1. The summed E-state index contributed by atoms with van der Waals surface area (Å²) in [6.45, 7) is 2.92. The first kappa shape index (κ1) is 29.0. The smallest absolute Gasteiger partial charge is 0.328 e. The van der Waals surface area contributed by atoms with Crippen molar-refractivity contribution in [1.29, 1.82) is 0 Å². The Hall–Kier alpha value is -4.23. The summed E-state index contributed by atoms with van der Waals surface area (Å²) in [7, 11) is 3.86. The minimum absolute atomic E-state index is 0.0110. The Morgan fingerprint density at radius 2 is 1.76 bits per heavy atom. The minimum Gasteiger partial charge on any atom is -0.478 e. The van der Waals surface area contributed by atoms with E-state index in [1.165, 1.54) is 6.07 Å². The molecule has 0 saturated heterocycles. The zero-order chi connectivity index (χ0) is 27.6. The topological polar surface area (TPSA) is 175 Å². The van der Waals surface area contributed by atoms with Crippen LogP contribution in [0.4, 0.5) is 5.00 Å². The highest BCUT2D eigenvalue weighted by Gasteiger charge is 2.42. The number of carboxylic acids is 2. The molecule has 0 radical (unpaired) electrons.